The lowest BCUT2D eigenvalue weighted by Crippen LogP contribution is -2.17. The van der Waals surface area contributed by atoms with Gasteiger partial charge in [0.2, 0.25) is 0 Å². The molecule has 16 heavy (non-hydrogen) atoms. The first-order valence-corrected chi connectivity index (χ1v) is 6.04. The average molecular weight is 219 g/mol. The highest BCUT2D eigenvalue weighted by Gasteiger charge is 1.91. The molecule has 0 saturated heterocycles. The lowest BCUT2D eigenvalue weighted by Gasteiger charge is -2.04. The van der Waals surface area contributed by atoms with Crippen LogP contribution in [-0.4, -0.2) is 13.1 Å². The van der Waals surface area contributed by atoms with Gasteiger partial charge in [-0.15, -0.1) is 0 Å². The number of rotatable bonds is 8. The minimum Gasteiger partial charge on any atom is -0.313 e. The van der Waals surface area contributed by atoms with E-state index < -0.39 is 0 Å². The van der Waals surface area contributed by atoms with Crippen molar-refractivity contribution in [1.29, 1.82) is 0 Å². The number of hydrogen-bond donors (Lipinski definition) is 1. The van der Waals surface area contributed by atoms with Crippen LogP contribution in [0.1, 0.15) is 33.6 Å². The van der Waals surface area contributed by atoms with Crippen LogP contribution in [0.2, 0.25) is 0 Å². The van der Waals surface area contributed by atoms with Gasteiger partial charge >= 0.3 is 0 Å². The maximum atomic E-state index is 4.01. The van der Waals surface area contributed by atoms with Gasteiger partial charge in [-0.1, -0.05) is 55.0 Å². The Hall–Kier alpha value is -1.08. The molecule has 0 heterocycles. The van der Waals surface area contributed by atoms with E-state index in [1.165, 1.54) is 11.1 Å². The monoisotopic (exact) mass is 219 g/mol. The van der Waals surface area contributed by atoms with Crippen molar-refractivity contribution in [3.05, 3.63) is 48.1 Å². The summed E-state index contributed by atoms with van der Waals surface area (Å²) in [5.74, 6) is 0. The summed E-state index contributed by atoms with van der Waals surface area (Å²) in [5.41, 5.74) is 2.55. The first-order chi connectivity index (χ1) is 7.70. The Bertz CT molecular complexity index is 269. The maximum absolute atomic E-state index is 4.01. The summed E-state index contributed by atoms with van der Waals surface area (Å²) in [6, 6.07) is 0. The molecule has 0 saturated carbocycles. The Balaban J connectivity index is 3.60. The van der Waals surface area contributed by atoms with Gasteiger partial charge in [-0.3, -0.25) is 0 Å². The molecule has 1 N–H and O–H groups in total. The minimum absolute atomic E-state index is 0.953. The fourth-order valence-electron chi connectivity index (χ4n) is 1.22. The van der Waals surface area contributed by atoms with E-state index in [2.05, 4.69) is 50.0 Å². The summed E-state index contributed by atoms with van der Waals surface area (Å²) < 4.78 is 0. The maximum Gasteiger partial charge on any atom is 0.0165 e. The molecule has 0 unspecified atom stereocenters. The third kappa shape index (κ3) is 9.47. The van der Waals surface area contributed by atoms with E-state index in [4.69, 9.17) is 0 Å². The van der Waals surface area contributed by atoms with Crippen molar-refractivity contribution in [2.24, 2.45) is 0 Å². The number of hydrogen-bond acceptors (Lipinski definition) is 1. The van der Waals surface area contributed by atoms with Gasteiger partial charge in [0.25, 0.3) is 0 Å². The quantitative estimate of drug-likeness (QED) is 0.480. The SMILES string of the molecule is C=C(/C=C\CC)CCNC/C(C)=C/C=C\C. The van der Waals surface area contributed by atoms with Gasteiger partial charge in [-0.05, 0) is 33.2 Å². The van der Waals surface area contributed by atoms with Crippen molar-refractivity contribution < 1.29 is 0 Å². The van der Waals surface area contributed by atoms with Crippen LogP contribution in [0.15, 0.2) is 48.1 Å². The predicted molar refractivity (Wildman–Crippen MR) is 74.6 cm³/mol. The normalized spacial score (nSPS) is 12.8. The Labute approximate surface area is 101 Å². The summed E-state index contributed by atoms with van der Waals surface area (Å²) in [6.07, 6.45) is 12.6. The summed E-state index contributed by atoms with van der Waals surface area (Å²) >= 11 is 0. The average Bonchev–Trinajstić information content (AvgIpc) is 2.29. The first-order valence-electron chi connectivity index (χ1n) is 6.04. The molecule has 0 aromatic heterocycles. The Kier molecular flexibility index (Phi) is 9.73. The molecular weight excluding hydrogens is 194 g/mol. The van der Waals surface area contributed by atoms with Crippen LogP contribution in [0.25, 0.3) is 0 Å². The van der Waals surface area contributed by atoms with Gasteiger partial charge in [0, 0.05) is 6.54 Å². The standard InChI is InChI=1S/C15H25N/c1-5-7-9-14(3)11-12-16-13-15(4)10-8-6-2/h6-10,16H,3,5,11-13H2,1-2,4H3/b8-6-,9-7-,15-10+. The lowest BCUT2D eigenvalue weighted by atomic mass is 10.2. The van der Waals surface area contributed by atoms with Gasteiger partial charge in [0.05, 0.1) is 0 Å². The van der Waals surface area contributed by atoms with E-state index in [0.29, 0.717) is 0 Å². The predicted octanol–water partition coefficient (Wildman–Crippen LogP) is 4.01. The zero-order valence-corrected chi connectivity index (χ0v) is 10.9. The molecule has 0 radical (unpaired) electrons. The van der Waals surface area contributed by atoms with Crippen molar-refractivity contribution in [1.82, 2.24) is 5.32 Å². The summed E-state index contributed by atoms with van der Waals surface area (Å²) in [7, 11) is 0. The van der Waals surface area contributed by atoms with E-state index in [9.17, 15) is 0 Å². The van der Waals surface area contributed by atoms with Crippen LogP contribution in [0.5, 0.6) is 0 Å². The van der Waals surface area contributed by atoms with Crippen LogP contribution < -0.4 is 5.32 Å². The van der Waals surface area contributed by atoms with Crippen molar-refractivity contribution in [3.8, 4) is 0 Å². The zero-order valence-electron chi connectivity index (χ0n) is 10.9. The molecule has 90 valence electrons. The Morgan fingerprint density at radius 1 is 1.38 bits per heavy atom. The van der Waals surface area contributed by atoms with Gasteiger partial charge in [0.15, 0.2) is 0 Å². The van der Waals surface area contributed by atoms with Crippen LogP contribution in [0, 0.1) is 0 Å². The second kappa shape index (κ2) is 10.4. The van der Waals surface area contributed by atoms with E-state index in [-0.39, 0.29) is 0 Å². The van der Waals surface area contributed by atoms with Gasteiger partial charge in [0.1, 0.15) is 0 Å². The molecule has 0 aliphatic rings. The third-order valence-electron chi connectivity index (χ3n) is 2.19. The van der Waals surface area contributed by atoms with E-state index >= 15 is 0 Å². The fourth-order valence-corrected chi connectivity index (χ4v) is 1.22. The van der Waals surface area contributed by atoms with Crippen LogP contribution >= 0.6 is 0 Å². The first kappa shape index (κ1) is 14.9. The van der Waals surface area contributed by atoms with E-state index in [1.807, 2.05) is 13.0 Å². The topological polar surface area (TPSA) is 12.0 Å². The van der Waals surface area contributed by atoms with Crippen LogP contribution in [-0.2, 0) is 0 Å². The second-order valence-electron chi connectivity index (χ2n) is 3.93. The van der Waals surface area contributed by atoms with Gasteiger partial charge in [-0.2, -0.15) is 0 Å². The third-order valence-corrected chi connectivity index (χ3v) is 2.19. The molecular formula is C15H25N. The van der Waals surface area contributed by atoms with Crippen LogP contribution in [0.3, 0.4) is 0 Å². The number of nitrogens with one attached hydrogen (secondary N) is 1. The van der Waals surface area contributed by atoms with Crippen molar-refractivity contribution in [2.45, 2.75) is 33.6 Å². The highest BCUT2D eigenvalue weighted by Crippen LogP contribution is 1.99. The molecule has 0 bridgehead atoms. The Morgan fingerprint density at radius 2 is 2.12 bits per heavy atom. The lowest BCUT2D eigenvalue weighted by molar-refractivity contribution is 0.730. The van der Waals surface area contributed by atoms with Crippen LogP contribution in [0.4, 0.5) is 0 Å². The summed E-state index contributed by atoms with van der Waals surface area (Å²) in [6.45, 7) is 12.3. The molecule has 0 atom stereocenters. The molecule has 0 aromatic rings. The van der Waals surface area contributed by atoms with Crippen molar-refractivity contribution in [3.63, 3.8) is 0 Å². The molecule has 1 heteroatoms. The minimum atomic E-state index is 0.953. The molecule has 0 aromatic carbocycles. The molecule has 1 nitrogen and oxygen atoms in total. The second-order valence-corrected chi connectivity index (χ2v) is 3.93. The largest absolute Gasteiger partial charge is 0.313 e. The fraction of sp³-hybridized carbons (Fsp3) is 0.467. The molecule has 0 amide bonds. The van der Waals surface area contributed by atoms with Gasteiger partial charge in [-0.25, -0.2) is 0 Å². The van der Waals surface area contributed by atoms with Crippen molar-refractivity contribution in [2.75, 3.05) is 13.1 Å². The molecule has 0 aliphatic carbocycles. The highest BCUT2D eigenvalue weighted by molar-refractivity contribution is 5.14. The van der Waals surface area contributed by atoms with Crippen molar-refractivity contribution >= 4 is 0 Å². The molecule has 0 fully saturated rings. The van der Waals surface area contributed by atoms with Gasteiger partial charge < -0.3 is 5.32 Å². The summed E-state index contributed by atoms with van der Waals surface area (Å²) in [4.78, 5) is 0. The zero-order chi connectivity index (χ0) is 12.2. The molecule has 0 rings (SSSR count). The van der Waals surface area contributed by atoms with E-state index in [1.54, 1.807) is 0 Å². The number of allylic oxidation sites excluding steroid dienone is 5. The summed E-state index contributed by atoms with van der Waals surface area (Å²) in [5, 5.41) is 3.40. The smallest absolute Gasteiger partial charge is 0.0165 e. The highest BCUT2D eigenvalue weighted by atomic mass is 14.8. The Morgan fingerprint density at radius 3 is 2.75 bits per heavy atom. The molecule has 0 aliphatic heterocycles. The molecule has 0 spiro atoms. The van der Waals surface area contributed by atoms with E-state index in [0.717, 1.165) is 25.9 Å².